The number of nitrogens with two attached hydrogens (primary N) is 1. The van der Waals surface area contributed by atoms with Gasteiger partial charge in [-0.15, -0.1) is 0 Å². The third-order valence-electron chi connectivity index (χ3n) is 4.03. The first-order valence-corrected chi connectivity index (χ1v) is 8.52. The maximum absolute atomic E-state index is 13.3. The van der Waals surface area contributed by atoms with Crippen LogP contribution in [-0.2, 0) is 10.0 Å². The summed E-state index contributed by atoms with van der Waals surface area (Å²) in [6.45, 7) is 1.49. The fraction of sp³-hybridized carbons (Fsp3) is 0.571. The van der Waals surface area contributed by atoms with Gasteiger partial charge in [0.05, 0.1) is 10.6 Å². The maximum Gasteiger partial charge on any atom is 0.241 e. The van der Waals surface area contributed by atoms with Crippen molar-refractivity contribution in [3.05, 3.63) is 23.5 Å². The molecular formula is C14H21FN2O3S. The summed E-state index contributed by atoms with van der Waals surface area (Å²) in [6.07, 6.45) is 3.41. The molecule has 1 aliphatic carbocycles. The van der Waals surface area contributed by atoms with E-state index in [0.717, 1.165) is 31.4 Å². The molecule has 2 atom stereocenters. The largest absolute Gasteiger partial charge is 0.396 e. The van der Waals surface area contributed by atoms with E-state index in [1.807, 2.05) is 0 Å². The minimum Gasteiger partial charge on any atom is -0.396 e. The van der Waals surface area contributed by atoms with Gasteiger partial charge in [-0.2, -0.15) is 0 Å². The summed E-state index contributed by atoms with van der Waals surface area (Å²) in [5.41, 5.74) is 5.58. The van der Waals surface area contributed by atoms with Crippen LogP contribution in [0.4, 0.5) is 10.1 Å². The Balaban J connectivity index is 2.28. The molecule has 2 rings (SSSR count). The van der Waals surface area contributed by atoms with Crippen LogP contribution >= 0.6 is 0 Å². The van der Waals surface area contributed by atoms with Gasteiger partial charge in [0, 0.05) is 12.6 Å². The van der Waals surface area contributed by atoms with Crippen molar-refractivity contribution in [3.63, 3.8) is 0 Å². The lowest BCUT2D eigenvalue weighted by atomic mass is 9.86. The van der Waals surface area contributed by atoms with Crippen molar-refractivity contribution in [3.8, 4) is 0 Å². The number of hydrogen-bond donors (Lipinski definition) is 3. The van der Waals surface area contributed by atoms with Crippen molar-refractivity contribution in [1.82, 2.24) is 4.72 Å². The molecule has 1 saturated carbocycles. The minimum atomic E-state index is -3.78. The Morgan fingerprint density at radius 3 is 2.71 bits per heavy atom. The molecular weight excluding hydrogens is 295 g/mol. The van der Waals surface area contributed by atoms with Crippen LogP contribution in [0.5, 0.6) is 0 Å². The minimum absolute atomic E-state index is 0.0105. The highest BCUT2D eigenvalue weighted by Gasteiger charge is 2.30. The number of nitrogen functional groups attached to an aromatic ring is 1. The van der Waals surface area contributed by atoms with Crippen molar-refractivity contribution in [2.24, 2.45) is 5.92 Å². The van der Waals surface area contributed by atoms with Gasteiger partial charge in [-0.3, -0.25) is 0 Å². The van der Waals surface area contributed by atoms with Gasteiger partial charge >= 0.3 is 0 Å². The lowest BCUT2D eigenvalue weighted by Crippen LogP contribution is -2.43. The number of benzene rings is 1. The summed E-state index contributed by atoms with van der Waals surface area (Å²) in [7, 11) is -3.78. The second-order valence-corrected chi connectivity index (χ2v) is 7.28. The number of nitrogens with one attached hydrogen (secondary N) is 1. The zero-order chi connectivity index (χ0) is 15.6. The molecule has 0 radical (unpaired) electrons. The van der Waals surface area contributed by atoms with Gasteiger partial charge in [0.2, 0.25) is 10.0 Å². The van der Waals surface area contributed by atoms with Crippen molar-refractivity contribution >= 4 is 15.7 Å². The first-order chi connectivity index (χ1) is 9.85. The van der Waals surface area contributed by atoms with Crippen molar-refractivity contribution in [2.75, 3.05) is 12.3 Å². The molecule has 0 amide bonds. The Hall–Kier alpha value is -1.18. The van der Waals surface area contributed by atoms with E-state index in [2.05, 4.69) is 4.72 Å². The summed E-state index contributed by atoms with van der Waals surface area (Å²) < 4.78 is 40.9. The lowest BCUT2D eigenvalue weighted by molar-refractivity contribution is 0.164. The number of aliphatic hydroxyl groups excluding tert-OH is 1. The molecule has 7 heteroatoms. The van der Waals surface area contributed by atoms with Crippen LogP contribution in [0.3, 0.4) is 0 Å². The van der Waals surface area contributed by atoms with Crippen LogP contribution < -0.4 is 10.5 Å². The second kappa shape index (κ2) is 6.29. The van der Waals surface area contributed by atoms with Gasteiger partial charge in [-0.05, 0) is 43.4 Å². The maximum atomic E-state index is 13.3. The molecule has 21 heavy (non-hydrogen) atoms. The number of aliphatic hydroxyl groups is 1. The highest BCUT2D eigenvalue weighted by atomic mass is 32.2. The number of rotatable bonds is 4. The normalized spacial score (nSPS) is 23.2. The molecule has 0 bridgehead atoms. The van der Waals surface area contributed by atoms with E-state index in [-0.39, 0.29) is 29.1 Å². The molecule has 1 aromatic rings. The summed E-state index contributed by atoms with van der Waals surface area (Å²) in [6, 6.07) is 1.97. The van der Waals surface area contributed by atoms with Crippen molar-refractivity contribution in [2.45, 2.75) is 43.5 Å². The Kier molecular flexibility index (Phi) is 4.85. The van der Waals surface area contributed by atoms with E-state index in [9.17, 15) is 17.9 Å². The molecule has 0 saturated heterocycles. The Morgan fingerprint density at radius 2 is 2.05 bits per heavy atom. The molecule has 0 heterocycles. The lowest BCUT2D eigenvalue weighted by Gasteiger charge is -2.30. The monoisotopic (exact) mass is 316 g/mol. The van der Waals surface area contributed by atoms with Gasteiger partial charge in [-0.25, -0.2) is 17.5 Å². The van der Waals surface area contributed by atoms with Gasteiger partial charge in [0.15, 0.2) is 0 Å². The first-order valence-electron chi connectivity index (χ1n) is 7.04. The zero-order valence-electron chi connectivity index (χ0n) is 12.0. The van der Waals surface area contributed by atoms with Crippen molar-refractivity contribution < 1.29 is 17.9 Å². The number of anilines is 1. The van der Waals surface area contributed by atoms with Crippen LogP contribution in [0.15, 0.2) is 17.0 Å². The topological polar surface area (TPSA) is 92.4 Å². The van der Waals surface area contributed by atoms with Gasteiger partial charge < -0.3 is 10.8 Å². The molecule has 5 nitrogen and oxygen atoms in total. The number of aryl methyl sites for hydroxylation is 1. The smallest absolute Gasteiger partial charge is 0.241 e. The van der Waals surface area contributed by atoms with Gasteiger partial charge in [-0.1, -0.05) is 12.8 Å². The van der Waals surface area contributed by atoms with Crippen LogP contribution in [-0.4, -0.2) is 26.2 Å². The van der Waals surface area contributed by atoms with Crippen LogP contribution in [0.1, 0.15) is 31.2 Å². The van der Waals surface area contributed by atoms with Crippen molar-refractivity contribution in [1.29, 1.82) is 0 Å². The summed E-state index contributed by atoms with van der Waals surface area (Å²) in [4.78, 5) is -0.0105. The molecule has 0 aliphatic heterocycles. The third-order valence-corrected chi connectivity index (χ3v) is 5.67. The number of sulfonamides is 1. The zero-order valence-corrected chi connectivity index (χ0v) is 12.8. The predicted octanol–water partition coefficient (Wildman–Crippen LogP) is 1.55. The molecule has 0 aromatic heterocycles. The SMILES string of the molecule is Cc1cc(F)c(N)cc1S(=O)(=O)NC1CCCCC1CO. The summed E-state index contributed by atoms with van der Waals surface area (Å²) in [5, 5.41) is 9.36. The van der Waals surface area contributed by atoms with E-state index >= 15 is 0 Å². The standard InChI is InChI=1S/C14H21FN2O3S/c1-9-6-11(15)12(16)7-14(9)21(19,20)17-13-5-3-2-4-10(13)8-18/h6-7,10,13,17-18H,2-5,8,16H2,1H3. The quantitative estimate of drug-likeness (QED) is 0.735. The number of hydrogen-bond acceptors (Lipinski definition) is 4. The van der Waals surface area contributed by atoms with Crippen LogP contribution in [0.25, 0.3) is 0 Å². The summed E-state index contributed by atoms with van der Waals surface area (Å²) >= 11 is 0. The molecule has 0 spiro atoms. The Bertz CT molecular complexity index is 619. The van der Waals surface area contributed by atoms with Gasteiger partial charge in [0.25, 0.3) is 0 Å². The average Bonchev–Trinajstić information content (AvgIpc) is 2.43. The van der Waals surface area contributed by atoms with E-state index in [1.165, 1.54) is 6.92 Å². The molecule has 4 N–H and O–H groups in total. The number of halogens is 1. The Morgan fingerprint density at radius 1 is 1.38 bits per heavy atom. The highest BCUT2D eigenvalue weighted by Crippen LogP contribution is 2.27. The molecule has 1 fully saturated rings. The average molecular weight is 316 g/mol. The van der Waals surface area contributed by atoms with Crippen LogP contribution in [0.2, 0.25) is 0 Å². The molecule has 1 aliphatic rings. The second-order valence-electron chi connectivity index (χ2n) is 5.59. The predicted molar refractivity (Wildman–Crippen MR) is 78.7 cm³/mol. The highest BCUT2D eigenvalue weighted by molar-refractivity contribution is 7.89. The summed E-state index contributed by atoms with van der Waals surface area (Å²) in [5.74, 6) is -0.705. The molecule has 118 valence electrons. The van der Waals surface area contributed by atoms with E-state index in [4.69, 9.17) is 5.73 Å². The van der Waals surface area contributed by atoms with E-state index in [0.29, 0.717) is 12.0 Å². The fourth-order valence-electron chi connectivity index (χ4n) is 2.80. The van der Waals surface area contributed by atoms with E-state index in [1.54, 1.807) is 0 Å². The van der Waals surface area contributed by atoms with E-state index < -0.39 is 15.8 Å². The molecule has 1 aromatic carbocycles. The third kappa shape index (κ3) is 3.53. The molecule has 2 unspecified atom stereocenters. The fourth-order valence-corrected chi connectivity index (χ4v) is 4.40. The first kappa shape index (κ1) is 16.2. The van der Waals surface area contributed by atoms with Gasteiger partial charge in [0.1, 0.15) is 5.82 Å². The van der Waals surface area contributed by atoms with Crippen LogP contribution in [0, 0.1) is 18.7 Å². The Labute approximate surface area is 124 Å².